The average molecular weight is 376 g/mol. The van der Waals surface area contributed by atoms with Crippen LogP contribution in [0, 0.1) is 0 Å². The second-order valence-electron chi connectivity index (χ2n) is 4.05. The summed E-state index contributed by atoms with van der Waals surface area (Å²) in [5, 5.41) is 0.987. The van der Waals surface area contributed by atoms with Gasteiger partial charge < -0.3 is 4.74 Å². The molecule has 4 nitrogen and oxygen atoms in total. The number of thioether (sulfide) groups is 2. The maximum absolute atomic E-state index is 11.9. The Morgan fingerprint density at radius 1 is 1.45 bits per heavy atom. The molecule has 22 heavy (non-hydrogen) atoms. The number of carbonyl (C=O) groups excluding carboxylic acids is 2. The zero-order valence-electron chi connectivity index (χ0n) is 11.5. The molecule has 1 aromatic rings. The summed E-state index contributed by atoms with van der Waals surface area (Å²) >= 11 is 14.3. The number of halogens is 2. The molecule has 0 saturated carbocycles. The molecule has 0 fully saturated rings. The van der Waals surface area contributed by atoms with Crippen molar-refractivity contribution in [2.75, 3.05) is 12.4 Å². The van der Waals surface area contributed by atoms with Gasteiger partial charge in [0.2, 0.25) is 0 Å². The number of carbonyl (C=O) groups is 2. The lowest BCUT2D eigenvalue weighted by Crippen LogP contribution is -2.07. The Hall–Kier alpha value is -0.950. The fraction of sp³-hybridized carbons (Fsp3) is 0.214. The van der Waals surface area contributed by atoms with Crippen molar-refractivity contribution in [3.05, 3.63) is 38.7 Å². The first kappa shape index (κ1) is 17.4. The third kappa shape index (κ3) is 4.78. The molecule has 1 aliphatic rings. The number of benzene rings is 1. The van der Waals surface area contributed by atoms with Crippen LogP contribution in [-0.2, 0) is 14.3 Å². The van der Waals surface area contributed by atoms with E-state index in [1.807, 2.05) is 0 Å². The van der Waals surface area contributed by atoms with Crippen LogP contribution in [-0.4, -0.2) is 28.6 Å². The molecule has 1 aromatic carbocycles. The van der Waals surface area contributed by atoms with Gasteiger partial charge in [0, 0.05) is 10.0 Å². The van der Waals surface area contributed by atoms with E-state index in [-0.39, 0.29) is 17.6 Å². The van der Waals surface area contributed by atoms with Crippen molar-refractivity contribution >= 4 is 69.1 Å². The monoisotopic (exact) mass is 375 g/mol. The summed E-state index contributed by atoms with van der Waals surface area (Å²) in [6.07, 6.45) is 1.66. The first-order valence-corrected chi connectivity index (χ1v) is 8.81. The molecule has 0 bridgehead atoms. The molecule has 2 rings (SSSR count). The van der Waals surface area contributed by atoms with Gasteiger partial charge in [-0.15, -0.1) is 0 Å². The summed E-state index contributed by atoms with van der Waals surface area (Å²) in [6, 6.07) is 5.04. The van der Waals surface area contributed by atoms with E-state index >= 15 is 0 Å². The second-order valence-corrected chi connectivity index (χ2v) is 7.15. The van der Waals surface area contributed by atoms with Gasteiger partial charge in [0.25, 0.3) is 5.91 Å². The molecule has 1 aliphatic heterocycles. The third-order valence-electron chi connectivity index (χ3n) is 2.47. The quantitative estimate of drug-likeness (QED) is 0.581. The van der Waals surface area contributed by atoms with E-state index in [1.165, 1.54) is 23.5 Å². The Kier molecular flexibility index (Phi) is 6.37. The fourth-order valence-corrected chi connectivity index (χ4v) is 3.79. The van der Waals surface area contributed by atoms with Gasteiger partial charge in [-0.05, 0) is 30.7 Å². The predicted octanol–water partition coefficient (Wildman–Crippen LogP) is 4.26. The molecule has 116 valence electrons. The molecule has 0 atom stereocenters. The lowest BCUT2D eigenvalue weighted by Gasteiger charge is -2.01. The maximum atomic E-state index is 11.9. The lowest BCUT2D eigenvalue weighted by molar-refractivity contribution is -0.139. The summed E-state index contributed by atoms with van der Waals surface area (Å²) in [7, 11) is 0. The van der Waals surface area contributed by atoms with Crippen molar-refractivity contribution in [1.82, 2.24) is 0 Å². The zero-order valence-corrected chi connectivity index (χ0v) is 14.6. The van der Waals surface area contributed by atoms with Crippen molar-refractivity contribution in [3.63, 3.8) is 0 Å². The number of aliphatic imine (C=N–C) groups is 1. The molecule has 0 radical (unpaired) electrons. The van der Waals surface area contributed by atoms with Crippen LogP contribution in [0.25, 0.3) is 6.08 Å². The molecule has 0 spiro atoms. The van der Waals surface area contributed by atoms with Crippen molar-refractivity contribution in [2.45, 2.75) is 6.92 Å². The summed E-state index contributed by atoms with van der Waals surface area (Å²) in [5.74, 6) is -0.550. The van der Waals surface area contributed by atoms with E-state index in [0.717, 1.165) is 0 Å². The standard InChI is InChI=1S/C14H11Cl2NO3S2/c1-2-20-12(18)7-21-14-17-13(19)11(22-14)5-8-3-4-9(15)6-10(8)16/h3-6H,2,7H2,1H3/b11-5-. The van der Waals surface area contributed by atoms with E-state index in [1.54, 1.807) is 31.2 Å². The Labute approximate surface area is 146 Å². The summed E-state index contributed by atoms with van der Waals surface area (Å²) in [6.45, 7) is 2.07. The Morgan fingerprint density at radius 3 is 2.91 bits per heavy atom. The molecule has 0 saturated heterocycles. The molecule has 1 heterocycles. The molecular formula is C14H11Cl2NO3S2. The van der Waals surface area contributed by atoms with Crippen LogP contribution in [0.4, 0.5) is 0 Å². The van der Waals surface area contributed by atoms with E-state index in [2.05, 4.69) is 4.99 Å². The van der Waals surface area contributed by atoms with Crippen LogP contribution >= 0.6 is 46.7 Å². The highest BCUT2D eigenvalue weighted by molar-refractivity contribution is 8.41. The van der Waals surface area contributed by atoms with Crippen molar-refractivity contribution in [1.29, 1.82) is 0 Å². The molecule has 0 N–H and O–H groups in total. The minimum atomic E-state index is -0.345. The smallest absolute Gasteiger partial charge is 0.316 e. The van der Waals surface area contributed by atoms with E-state index < -0.39 is 0 Å². The summed E-state index contributed by atoms with van der Waals surface area (Å²) in [5.41, 5.74) is 0.689. The number of esters is 1. The highest BCUT2D eigenvalue weighted by Crippen LogP contribution is 2.35. The topological polar surface area (TPSA) is 55.7 Å². The van der Waals surface area contributed by atoms with Crippen LogP contribution in [0.1, 0.15) is 12.5 Å². The second kappa shape index (κ2) is 8.06. The molecule has 1 amide bonds. The van der Waals surface area contributed by atoms with Gasteiger partial charge in [-0.25, -0.2) is 0 Å². The zero-order chi connectivity index (χ0) is 16.1. The molecular weight excluding hydrogens is 365 g/mol. The van der Waals surface area contributed by atoms with Crippen LogP contribution < -0.4 is 0 Å². The predicted molar refractivity (Wildman–Crippen MR) is 93.6 cm³/mol. The minimum absolute atomic E-state index is 0.127. The summed E-state index contributed by atoms with van der Waals surface area (Å²) in [4.78, 5) is 27.5. The number of hydrogen-bond acceptors (Lipinski definition) is 5. The van der Waals surface area contributed by atoms with Crippen LogP contribution in [0.3, 0.4) is 0 Å². The van der Waals surface area contributed by atoms with Gasteiger partial charge in [0.05, 0.1) is 17.3 Å². The molecule has 0 aromatic heterocycles. The van der Waals surface area contributed by atoms with E-state index in [0.29, 0.717) is 31.5 Å². The maximum Gasteiger partial charge on any atom is 0.316 e. The highest BCUT2D eigenvalue weighted by Gasteiger charge is 2.23. The Balaban J connectivity index is 2.02. The van der Waals surface area contributed by atoms with Gasteiger partial charge in [0.15, 0.2) is 0 Å². The van der Waals surface area contributed by atoms with Crippen molar-refractivity contribution < 1.29 is 14.3 Å². The van der Waals surface area contributed by atoms with Crippen LogP contribution in [0.2, 0.25) is 10.0 Å². The lowest BCUT2D eigenvalue weighted by atomic mass is 10.2. The van der Waals surface area contributed by atoms with Crippen LogP contribution in [0.15, 0.2) is 28.1 Å². The number of rotatable bonds is 4. The van der Waals surface area contributed by atoms with Gasteiger partial charge in [-0.3, -0.25) is 9.59 Å². The number of nitrogens with zero attached hydrogens (tertiary/aromatic N) is 1. The molecule has 8 heteroatoms. The van der Waals surface area contributed by atoms with Gasteiger partial charge in [0.1, 0.15) is 4.38 Å². The first-order chi connectivity index (χ1) is 10.5. The Morgan fingerprint density at radius 2 is 2.23 bits per heavy atom. The minimum Gasteiger partial charge on any atom is -0.465 e. The highest BCUT2D eigenvalue weighted by atomic mass is 35.5. The number of hydrogen-bond donors (Lipinski definition) is 0. The van der Waals surface area contributed by atoms with E-state index in [4.69, 9.17) is 27.9 Å². The fourth-order valence-electron chi connectivity index (χ4n) is 1.53. The number of amides is 1. The summed E-state index contributed by atoms with van der Waals surface area (Å²) < 4.78 is 5.35. The van der Waals surface area contributed by atoms with E-state index in [9.17, 15) is 9.59 Å². The van der Waals surface area contributed by atoms with Crippen LogP contribution in [0.5, 0.6) is 0 Å². The first-order valence-electron chi connectivity index (χ1n) is 6.25. The third-order valence-corrected chi connectivity index (χ3v) is 5.13. The SMILES string of the molecule is CCOC(=O)CSC1=NC(=O)/C(=C/c2ccc(Cl)cc2Cl)S1. The largest absolute Gasteiger partial charge is 0.465 e. The van der Waals surface area contributed by atoms with Gasteiger partial charge in [-0.2, -0.15) is 4.99 Å². The normalized spacial score (nSPS) is 16.0. The van der Waals surface area contributed by atoms with Crippen molar-refractivity contribution in [3.8, 4) is 0 Å². The molecule has 0 unspecified atom stereocenters. The molecule has 0 aliphatic carbocycles. The van der Waals surface area contributed by atoms with Crippen molar-refractivity contribution in [2.24, 2.45) is 4.99 Å². The average Bonchev–Trinajstić information content (AvgIpc) is 2.80. The number of ether oxygens (including phenoxy) is 1. The Bertz CT molecular complexity index is 674. The van der Waals surface area contributed by atoms with Gasteiger partial charge in [-0.1, -0.05) is 52.8 Å². The van der Waals surface area contributed by atoms with Gasteiger partial charge >= 0.3 is 5.97 Å².